The van der Waals surface area contributed by atoms with E-state index < -0.39 is 17.2 Å². The zero-order valence-electron chi connectivity index (χ0n) is 19.2. The molecular weight excluding hydrogens is 427 g/mol. The molecule has 2 aromatic rings. The van der Waals surface area contributed by atoms with E-state index in [0.717, 1.165) is 25.3 Å². The van der Waals surface area contributed by atoms with E-state index in [0.29, 0.717) is 43.2 Å². The number of anilines is 1. The van der Waals surface area contributed by atoms with Gasteiger partial charge in [-0.3, -0.25) is 4.79 Å². The van der Waals surface area contributed by atoms with Gasteiger partial charge >= 0.3 is 5.97 Å². The molecule has 4 rings (SSSR count). The minimum Gasteiger partial charge on any atom is -0.492 e. The van der Waals surface area contributed by atoms with Crippen LogP contribution >= 0.6 is 0 Å². The van der Waals surface area contributed by atoms with Gasteiger partial charge in [0, 0.05) is 50.3 Å². The predicted molar refractivity (Wildman–Crippen MR) is 123 cm³/mol. The van der Waals surface area contributed by atoms with Crippen molar-refractivity contribution in [1.82, 2.24) is 9.47 Å². The molecule has 2 heterocycles. The number of carbonyl (C=O) groups is 1. The molecule has 1 aliphatic carbocycles. The van der Waals surface area contributed by atoms with Crippen molar-refractivity contribution in [2.75, 3.05) is 38.7 Å². The number of fused-ring (bicyclic) bond motifs is 1. The monoisotopic (exact) mass is 456 g/mol. The number of pyridine rings is 1. The summed E-state index contributed by atoms with van der Waals surface area (Å²) in [5, 5.41) is 18.4. The first-order chi connectivity index (χ1) is 15.8. The summed E-state index contributed by atoms with van der Waals surface area (Å²) in [5.41, 5.74) is -0.302. The predicted octanol–water partition coefficient (Wildman–Crippen LogP) is 3.24. The summed E-state index contributed by atoms with van der Waals surface area (Å²) in [6.07, 6.45) is 4.49. The van der Waals surface area contributed by atoms with Crippen molar-refractivity contribution in [1.29, 1.82) is 5.26 Å². The van der Waals surface area contributed by atoms with E-state index in [1.54, 1.807) is 4.57 Å². The SMILES string of the molecule is CCC(C1CN(c2c(F)cc3c(=O)c(C(=O)O)cn(C4CC4)c3c2OC)C1)N(C)CCC#N. The summed E-state index contributed by atoms with van der Waals surface area (Å²) in [5.74, 6) is -1.32. The lowest BCUT2D eigenvalue weighted by atomic mass is 9.88. The second-order valence-electron chi connectivity index (χ2n) is 8.98. The van der Waals surface area contributed by atoms with Crippen LogP contribution in [0, 0.1) is 23.1 Å². The number of carboxylic acids is 1. The number of methoxy groups -OCH3 is 1. The van der Waals surface area contributed by atoms with Crippen molar-refractivity contribution in [3.63, 3.8) is 0 Å². The highest BCUT2D eigenvalue weighted by molar-refractivity contribution is 5.97. The van der Waals surface area contributed by atoms with Gasteiger partial charge in [-0.1, -0.05) is 6.92 Å². The molecule has 2 fully saturated rings. The van der Waals surface area contributed by atoms with Crippen LogP contribution in [0.4, 0.5) is 10.1 Å². The van der Waals surface area contributed by atoms with Crippen molar-refractivity contribution >= 4 is 22.6 Å². The molecule has 1 unspecified atom stereocenters. The molecule has 0 spiro atoms. The fraction of sp³-hybridized carbons (Fsp3) is 0.542. The molecule has 0 radical (unpaired) electrons. The van der Waals surface area contributed by atoms with Gasteiger partial charge in [-0.25, -0.2) is 9.18 Å². The summed E-state index contributed by atoms with van der Waals surface area (Å²) >= 11 is 0. The average Bonchev–Trinajstić information content (AvgIpc) is 3.59. The fourth-order valence-electron chi connectivity index (χ4n) is 5.06. The lowest BCUT2D eigenvalue weighted by Crippen LogP contribution is -2.56. The lowest BCUT2D eigenvalue weighted by Gasteiger charge is -2.47. The fourth-order valence-corrected chi connectivity index (χ4v) is 5.06. The molecule has 1 aromatic carbocycles. The minimum absolute atomic E-state index is 0.0274. The number of hydrogen-bond donors (Lipinski definition) is 1. The molecule has 2 aliphatic rings. The van der Waals surface area contributed by atoms with Crippen LogP contribution in [0.2, 0.25) is 0 Å². The van der Waals surface area contributed by atoms with E-state index in [-0.39, 0.29) is 28.8 Å². The number of aromatic nitrogens is 1. The molecule has 0 bridgehead atoms. The van der Waals surface area contributed by atoms with Gasteiger partial charge in [-0.05, 0) is 32.4 Å². The summed E-state index contributed by atoms with van der Waals surface area (Å²) in [6, 6.07) is 3.69. The molecule has 1 saturated heterocycles. The standard InChI is InChI=1S/C24H29FN4O4/c1-4-19(27(2)9-5-8-26)14-11-28(12-14)21-18(25)10-16-20(23(21)33-3)29(15-6-7-15)13-17(22(16)30)24(31)32/h10,13-15,19H,4-7,9,11-12H2,1-3H3,(H,31,32). The summed E-state index contributed by atoms with van der Waals surface area (Å²) in [6.45, 7) is 4.07. The van der Waals surface area contributed by atoms with Crippen LogP contribution in [0.3, 0.4) is 0 Å². The lowest BCUT2D eigenvalue weighted by molar-refractivity contribution is 0.0694. The van der Waals surface area contributed by atoms with Crippen molar-refractivity contribution in [2.45, 2.75) is 44.7 Å². The van der Waals surface area contributed by atoms with Crippen molar-refractivity contribution in [3.05, 3.63) is 33.9 Å². The number of ether oxygens (including phenoxy) is 1. The first-order valence-electron chi connectivity index (χ1n) is 11.3. The summed E-state index contributed by atoms with van der Waals surface area (Å²) in [7, 11) is 3.46. The van der Waals surface area contributed by atoms with Gasteiger partial charge in [0.1, 0.15) is 11.3 Å². The number of rotatable bonds is 9. The Labute approximate surface area is 191 Å². The van der Waals surface area contributed by atoms with Gasteiger partial charge in [0.2, 0.25) is 5.43 Å². The van der Waals surface area contributed by atoms with Crippen LogP contribution in [0.25, 0.3) is 10.9 Å². The van der Waals surface area contributed by atoms with Crippen LogP contribution < -0.4 is 15.1 Å². The van der Waals surface area contributed by atoms with Crippen LogP contribution in [0.15, 0.2) is 17.1 Å². The number of halogens is 1. The number of aromatic carboxylic acids is 1. The highest BCUT2D eigenvalue weighted by Crippen LogP contribution is 2.45. The number of benzene rings is 1. The Bertz CT molecular complexity index is 1180. The molecule has 33 heavy (non-hydrogen) atoms. The third kappa shape index (κ3) is 4.04. The molecule has 9 heteroatoms. The van der Waals surface area contributed by atoms with Crippen LogP contribution in [0.5, 0.6) is 5.75 Å². The van der Waals surface area contributed by atoms with E-state index >= 15 is 4.39 Å². The van der Waals surface area contributed by atoms with Gasteiger partial charge in [-0.15, -0.1) is 0 Å². The van der Waals surface area contributed by atoms with Crippen molar-refractivity contribution < 1.29 is 19.0 Å². The van der Waals surface area contributed by atoms with Crippen LogP contribution in [0.1, 0.15) is 49.0 Å². The van der Waals surface area contributed by atoms with Crippen molar-refractivity contribution in [3.8, 4) is 11.8 Å². The van der Waals surface area contributed by atoms with Gasteiger partial charge in [0.25, 0.3) is 0 Å². The highest BCUT2D eigenvalue weighted by Gasteiger charge is 2.38. The Balaban J connectivity index is 1.73. The topological polar surface area (TPSA) is 98.8 Å². The first kappa shape index (κ1) is 23.1. The number of nitriles is 1. The quantitative estimate of drug-likeness (QED) is 0.618. The number of carboxylic acid groups (broad SMARTS) is 1. The Morgan fingerprint density at radius 3 is 2.67 bits per heavy atom. The molecule has 1 aromatic heterocycles. The van der Waals surface area contributed by atoms with Gasteiger partial charge in [-0.2, -0.15) is 5.26 Å². The van der Waals surface area contributed by atoms with E-state index in [1.165, 1.54) is 13.3 Å². The van der Waals surface area contributed by atoms with Gasteiger partial charge < -0.3 is 24.2 Å². The van der Waals surface area contributed by atoms with Crippen molar-refractivity contribution in [2.24, 2.45) is 5.92 Å². The summed E-state index contributed by atoms with van der Waals surface area (Å²) in [4.78, 5) is 28.6. The van der Waals surface area contributed by atoms with Gasteiger partial charge in [0.05, 0.1) is 24.1 Å². The molecule has 1 atom stereocenters. The molecule has 1 saturated carbocycles. The first-order valence-corrected chi connectivity index (χ1v) is 11.3. The maximum atomic E-state index is 15.4. The Morgan fingerprint density at radius 1 is 1.42 bits per heavy atom. The maximum absolute atomic E-state index is 15.4. The van der Waals surface area contributed by atoms with Crippen LogP contribution in [-0.4, -0.2) is 60.4 Å². The second-order valence-corrected chi connectivity index (χ2v) is 8.98. The summed E-state index contributed by atoms with van der Waals surface area (Å²) < 4.78 is 22.8. The number of nitrogens with zero attached hydrogens (tertiary/aromatic N) is 4. The van der Waals surface area contributed by atoms with E-state index in [2.05, 4.69) is 17.9 Å². The van der Waals surface area contributed by atoms with E-state index in [9.17, 15) is 14.7 Å². The largest absolute Gasteiger partial charge is 0.492 e. The van der Waals surface area contributed by atoms with Gasteiger partial charge in [0.15, 0.2) is 11.6 Å². The van der Waals surface area contributed by atoms with E-state index in [4.69, 9.17) is 10.00 Å². The smallest absolute Gasteiger partial charge is 0.341 e. The molecule has 1 N–H and O–H groups in total. The third-order valence-corrected chi connectivity index (χ3v) is 6.90. The Morgan fingerprint density at radius 2 is 2.12 bits per heavy atom. The number of hydrogen-bond acceptors (Lipinski definition) is 6. The Kier molecular flexibility index (Phi) is 6.30. The molecule has 176 valence electrons. The zero-order chi connectivity index (χ0) is 23.9. The minimum atomic E-state index is -1.32. The molecule has 0 amide bonds. The highest BCUT2D eigenvalue weighted by atomic mass is 19.1. The Hall–Kier alpha value is -3.12. The molecule has 8 nitrogen and oxygen atoms in total. The van der Waals surface area contributed by atoms with Crippen LogP contribution in [-0.2, 0) is 0 Å². The molecular formula is C24H29FN4O4. The zero-order valence-corrected chi connectivity index (χ0v) is 19.2. The molecule has 1 aliphatic heterocycles. The van der Waals surface area contributed by atoms with E-state index in [1.807, 2.05) is 11.9 Å². The second kappa shape index (κ2) is 9.02. The maximum Gasteiger partial charge on any atom is 0.341 e. The normalized spacial score (nSPS) is 17.2. The average molecular weight is 457 g/mol. The third-order valence-electron chi connectivity index (χ3n) is 6.90.